The van der Waals surface area contributed by atoms with Crippen LogP contribution in [0.2, 0.25) is 0 Å². The van der Waals surface area contributed by atoms with Crippen molar-refractivity contribution in [2.75, 3.05) is 26.2 Å². The summed E-state index contributed by atoms with van der Waals surface area (Å²) in [6.07, 6.45) is 1.32. The molecule has 4 aromatic rings. The van der Waals surface area contributed by atoms with Crippen molar-refractivity contribution in [3.8, 4) is 17.3 Å². The molecule has 1 aliphatic heterocycles. The SMILES string of the molecule is Cc1ccccc1Oc1c(C(=O)N2CCN(C(=O)OC(C)(C)C)CC2)c2ncccc2n1-c1ccccc1. The molecule has 0 aliphatic carbocycles. The molecule has 0 bridgehead atoms. The highest BCUT2D eigenvalue weighted by molar-refractivity contribution is 6.09. The minimum atomic E-state index is -0.573. The van der Waals surface area contributed by atoms with E-state index in [4.69, 9.17) is 9.47 Å². The first-order chi connectivity index (χ1) is 18.2. The van der Waals surface area contributed by atoms with Crippen LogP contribution in [0.5, 0.6) is 11.6 Å². The number of fused-ring (bicyclic) bond motifs is 1. The van der Waals surface area contributed by atoms with Crippen molar-refractivity contribution in [2.24, 2.45) is 0 Å². The number of aromatic nitrogens is 2. The number of hydrogen-bond donors (Lipinski definition) is 0. The van der Waals surface area contributed by atoms with Gasteiger partial charge in [0.15, 0.2) is 0 Å². The van der Waals surface area contributed by atoms with Crippen LogP contribution < -0.4 is 4.74 Å². The van der Waals surface area contributed by atoms with Gasteiger partial charge in [-0.2, -0.15) is 0 Å². The van der Waals surface area contributed by atoms with Gasteiger partial charge in [-0.1, -0.05) is 36.4 Å². The van der Waals surface area contributed by atoms with Crippen molar-refractivity contribution in [2.45, 2.75) is 33.3 Å². The summed E-state index contributed by atoms with van der Waals surface area (Å²) < 4.78 is 14.0. The Bertz CT molecular complexity index is 1460. The van der Waals surface area contributed by atoms with E-state index < -0.39 is 5.60 Å². The van der Waals surface area contributed by atoms with E-state index in [0.717, 1.165) is 16.8 Å². The number of carbonyl (C=O) groups is 2. The van der Waals surface area contributed by atoms with Gasteiger partial charge in [0.1, 0.15) is 22.4 Å². The average molecular weight is 513 g/mol. The third kappa shape index (κ3) is 5.07. The molecule has 1 aliphatic rings. The molecule has 0 atom stereocenters. The van der Waals surface area contributed by atoms with E-state index in [2.05, 4.69) is 4.98 Å². The molecule has 8 nitrogen and oxygen atoms in total. The van der Waals surface area contributed by atoms with Gasteiger partial charge < -0.3 is 19.3 Å². The van der Waals surface area contributed by atoms with Crippen LogP contribution in [-0.4, -0.2) is 63.1 Å². The molecule has 0 N–H and O–H groups in total. The van der Waals surface area contributed by atoms with Crippen LogP contribution >= 0.6 is 0 Å². The van der Waals surface area contributed by atoms with Crippen LogP contribution in [0.3, 0.4) is 0 Å². The minimum absolute atomic E-state index is 0.184. The second-order valence-corrected chi connectivity index (χ2v) is 10.3. The van der Waals surface area contributed by atoms with E-state index in [0.29, 0.717) is 48.9 Å². The fraction of sp³-hybridized carbons (Fsp3) is 0.300. The third-order valence-corrected chi connectivity index (χ3v) is 6.43. The maximum atomic E-state index is 14.1. The summed E-state index contributed by atoms with van der Waals surface area (Å²) in [7, 11) is 0. The zero-order valence-electron chi connectivity index (χ0n) is 22.2. The number of hydrogen-bond acceptors (Lipinski definition) is 5. The molecular formula is C30H32N4O4. The summed E-state index contributed by atoms with van der Waals surface area (Å²) in [4.78, 5) is 34.7. The first-order valence-corrected chi connectivity index (χ1v) is 12.8. The van der Waals surface area contributed by atoms with Gasteiger partial charge in [-0.25, -0.2) is 4.79 Å². The number of amides is 2. The standard InChI is InChI=1S/C30H32N4O4/c1-21-11-8-9-15-24(21)37-28-25(26-23(14-10-16-31-26)34(28)22-12-6-5-7-13-22)27(35)32-17-19-33(20-18-32)29(36)38-30(2,3)4/h5-16H,17-20H2,1-4H3. The van der Waals surface area contributed by atoms with Gasteiger partial charge >= 0.3 is 6.09 Å². The fourth-order valence-electron chi connectivity index (χ4n) is 4.57. The Balaban J connectivity index is 1.54. The molecule has 0 spiro atoms. The number of piperazine rings is 1. The molecule has 5 rings (SSSR count). The number of carbonyl (C=O) groups excluding carboxylic acids is 2. The van der Waals surface area contributed by atoms with Gasteiger partial charge in [0.25, 0.3) is 5.91 Å². The summed E-state index contributed by atoms with van der Waals surface area (Å²) >= 11 is 0. The van der Waals surface area contributed by atoms with E-state index in [9.17, 15) is 9.59 Å². The Morgan fingerprint density at radius 3 is 2.18 bits per heavy atom. The predicted octanol–water partition coefficient (Wildman–Crippen LogP) is 5.82. The van der Waals surface area contributed by atoms with Gasteiger partial charge in [0.05, 0.1) is 5.52 Å². The molecule has 38 heavy (non-hydrogen) atoms. The molecule has 0 radical (unpaired) electrons. The Kier molecular flexibility index (Phi) is 6.80. The number of ether oxygens (including phenoxy) is 2. The molecule has 0 saturated carbocycles. The zero-order chi connectivity index (χ0) is 26.9. The quantitative estimate of drug-likeness (QED) is 0.344. The normalized spacial score (nSPS) is 14.0. The maximum Gasteiger partial charge on any atom is 0.410 e. The van der Waals surface area contributed by atoms with Gasteiger partial charge in [0, 0.05) is 38.1 Å². The lowest BCUT2D eigenvalue weighted by Crippen LogP contribution is -2.51. The fourth-order valence-corrected chi connectivity index (χ4v) is 4.57. The second kappa shape index (κ2) is 10.2. The van der Waals surface area contributed by atoms with Crippen molar-refractivity contribution in [3.05, 3.63) is 84.1 Å². The highest BCUT2D eigenvalue weighted by Gasteiger charge is 2.33. The number of aryl methyl sites for hydroxylation is 1. The predicted molar refractivity (Wildman–Crippen MR) is 146 cm³/mol. The summed E-state index contributed by atoms with van der Waals surface area (Å²) in [5.41, 5.74) is 2.99. The van der Waals surface area contributed by atoms with E-state index in [1.165, 1.54) is 0 Å². The number of benzene rings is 2. The number of rotatable bonds is 4. The molecule has 2 amide bonds. The monoisotopic (exact) mass is 512 g/mol. The Morgan fingerprint density at radius 1 is 0.842 bits per heavy atom. The summed E-state index contributed by atoms with van der Waals surface area (Å²) in [5, 5.41) is 0. The Morgan fingerprint density at radius 2 is 1.50 bits per heavy atom. The third-order valence-electron chi connectivity index (χ3n) is 6.43. The van der Waals surface area contributed by atoms with Crippen molar-refractivity contribution in [3.63, 3.8) is 0 Å². The van der Waals surface area contributed by atoms with Gasteiger partial charge in [-0.05, 0) is 63.6 Å². The molecule has 0 unspecified atom stereocenters. The molecule has 1 saturated heterocycles. The van der Waals surface area contributed by atoms with Crippen molar-refractivity contribution < 1.29 is 19.1 Å². The lowest BCUT2D eigenvalue weighted by molar-refractivity contribution is 0.0140. The Labute approximate surface area is 222 Å². The first-order valence-electron chi connectivity index (χ1n) is 12.8. The maximum absolute atomic E-state index is 14.1. The average Bonchev–Trinajstić information content (AvgIpc) is 3.23. The summed E-state index contributed by atoms with van der Waals surface area (Å²) in [6.45, 7) is 9.04. The largest absolute Gasteiger partial charge is 0.444 e. The molecule has 196 valence electrons. The smallest absolute Gasteiger partial charge is 0.410 e. The summed E-state index contributed by atoms with van der Waals surface area (Å²) in [6, 6.07) is 21.3. The Hall–Kier alpha value is -4.33. The minimum Gasteiger partial charge on any atom is -0.444 e. The van der Waals surface area contributed by atoms with E-state index >= 15 is 0 Å². The van der Waals surface area contributed by atoms with Crippen LogP contribution in [0.25, 0.3) is 16.7 Å². The highest BCUT2D eigenvalue weighted by atomic mass is 16.6. The van der Waals surface area contributed by atoms with Crippen molar-refractivity contribution in [1.29, 1.82) is 0 Å². The number of para-hydroxylation sites is 2. The highest BCUT2D eigenvalue weighted by Crippen LogP contribution is 2.38. The number of pyridine rings is 1. The number of nitrogens with zero attached hydrogens (tertiary/aromatic N) is 4. The second-order valence-electron chi connectivity index (χ2n) is 10.3. The molecule has 3 heterocycles. The van der Waals surface area contributed by atoms with E-state index in [1.54, 1.807) is 16.0 Å². The van der Waals surface area contributed by atoms with Crippen LogP contribution in [-0.2, 0) is 4.74 Å². The van der Waals surface area contributed by atoms with Crippen LogP contribution in [0.15, 0.2) is 72.9 Å². The van der Waals surface area contributed by atoms with Crippen LogP contribution in [0.4, 0.5) is 4.79 Å². The molecule has 2 aromatic carbocycles. The zero-order valence-corrected chi connectivity index (χ0v) is 22.2. The summed E-state index contributed by atoms with van der Waals surface area (Å²) in [5.74, 6) is 0.894. The molecule has 8 heteroatoms. The van der Waals surface area contributed by atoms with Crippen molar-refractivity contribution >= 4 is 23.0 Å². The van der Waals surface area contributed by atoms with Crippen LogP contribution in [0.1, 0.15) is 36.7 Å². The van der Waals surface area contributed by atoms with Gasteiger partial charge in [-0.3, -0.25) is 14.3 Å². The lowest BCUT2D eigenvalue weighted by atomic mass is 10.2. The van der Waals surface area contributed by atoms with Gasteiger partial charge in [0.2, 0.25) is 5.88 Å². The van der Waals surface area contributed by atoms with E-state index in [-0.39, 0.29) is 12.0 Å². The molecule has 2 aromatic heterocycles. The van der Waals surface area contributed by atoms with Crippen molar-refractivity contribution in [1.82, 2.24) is 19.4 Å². The molecular weight excluding hydrogens is 480 g/mol. The van der Waals surface area contributed by atoms with Gasteiger partial charge in [-0.15, -0.1) is 0 Å². The lowest BCUT2D eigenvalue weighted by Gasteiger charge is -2.35. The molecule has 1 fully saturated rings. The van der Waals surface area contributed by atoms with Crippen LogP contribution in [0, 0.1) is 6.92 Å². The topological polar surface area (TPSA) is 76.9 Å². The van der Waals surface area contributed by atoms with E-state index in [1.807, 2.05) is 99.0 Å². The first kappa shape index (κ1) is 25.3.